The molecule has 0 bridgehead atoms. The fraction of sp³-hybridized carbons (Fsp3) is 0.136. The van der Waals surface area contributed by atoms with Crippen LogP contribution in [-0.2, 0) is 11.2 Å². The molecule has 2 aromatic heterocycles. The number of nitrogens with zero attached hydrogens (tertiary/aromatic N) is 2. The molecular weight excluding hydrogens is 386 g/mol. The van der Waals surface area contributed by atoms with E-state index in [1.165, 1.54) is 22.0 Å². The Hall–Kier alpha value is -2.70. The number of carbonyl (C=O) groups excluding carboxylic acids is 1. The number of pyridine rings is 1. The predicted octanol–water partition coefficient (Wildman–Crippen LogP) is 5.40. The zero-order chi connectivity index (χ0) is 19.3. The summed E-state index contributed by atoms with van der Waals surface area (Å²) in [5.41, 5.74) is 3.02. The van der Waals surface area contributed by atoms with Crippen LogP contribution in [-0.4, -0.2) is 21.1 Å². The maximum absolute atomic E-state index is 12.4. The van der Waals surface area contributed by atoms with Gasteiger partial charge in [0, 0.05) is 18.3 Å². The molecular formula is C22H19N3OS2. The molecule has 0 saturated carbocycles. The van der Waals surface area contributed by atoms with E-state index in [0.717, 1.165) is 27.7 Å². The van der Waals surface area contributed by atoms with Crippen molar-refractivity contribution in [2.24, 2.45) is 0 Å². The molecule has 1 amide bonds. The summed E-state index contributed by atoms with van der Waals surface area (Å²) in [6.45, 7) is 1.89. The van der Waals surface area contributed by atoms with Crippen LogP contribution in [0.2, 0.25) is 0 Å². The van der Waals surface area contributed by atoms with E-state index in [1.807, 2.05) is 67.6 Å². The highest BCUT2D eigenvalue weighted by Gasteiger charge is 2.15. The smallest absolute Gasteiger partial charge is 0.237 e. The van der Waals surface area contributed by atoms with Gasteiger partial charge in [-0.15, -0.1) is 11.3 Å². The fourth-order valence-corrected chi connectivity index (χ4v) is 4.58. The zero-order valence-electron chi connectivity index (χ0n) is 15.3. The number of fused-ring (bicyclic) bond motifs is 1. The molecule has 2 heterocycles. The molecule has 2 aromatic carbocycles. The Morgan fingerprint density at radius 2 is 1.86 bits per heavy atom. The quantitative estimate of drug-likeness (QED) is 0.436. The third-order valence-corrected chi connectivity index (χ3v) is 6.31. The van der Waals surface area contributed by atoms with Crippen LogP contribution in [0, 0.1) is 0 Å². The number of aromatic nitrogens is 2. The lowest BCUT2D eigenvalue weighted by Gasteiger charge is -2.11. The van der Waals surface area contributed by atoms with Gasteiger partial charge in [0.2, 0.25) is 5.91 Å². The lowest BCUT2D eigenvalue weighted by Crippen LogP contribution is -2.22. The van der Waals surface area contributed by atoms with Crippen molar-refractivity contribution in [3.63, 3.8) is 0 Å². The molecule has 0 spiro atoms. The molecule has 4 aromatic rings. The van der Waals surface area contributed by atoms with Gasteiger partial charge < -0.3 is 5.32 Å². The first kappa shape index (κ1) is 18.7. The summed E-state index contributed by atoms with van der Waals surface area (Å²) in [4.78, 5) is 21.4. The third-order valence-electron chi connectivity index (χ3n) is 4.22. The van der Waals surface area contributed by atoms with Crippen molar-refractivity contribution in [2.45, 2.75) is 23.6 Å². The van der Waals surface area contributed by atoms with Crippen LogP contribution in [0.15, 0.2) is 78.0 Å². The monoisotopic (exact) mass is 405 g/mol. The van der Waals surface area contributed by atoms with Crippen LogP contribution in [0.1, 0.15) is 17.5 Å². The molecule has 28 heavy (non-hydrogen) atoms. The lowest BCUT2D eigenvalue weighted by atomic mass is 10.1. The number of benzene rings is 2. The summed E-state index contributed by atoms with van der Waals surface area (Å²) in [6, 6.07) is 21.8. The summed E-state index contributed by atoms with van der Waals surface area (Å²) < 4.78 is 1.21. The number of hydrogen-bond acceptors (Lipinski definition) is 5. The minimum absolute atomic E-state index is 0.0328. The Balaban J connectivity index is 1.36. The first-order valence-corrected chi connectivity index (χ1v) is 10.7. The molecule has 0 aliphatic heterocycles. The number of amides is 1. The highest BCUT2D eigenvalue weighted by molar-refractivity contribution is 8.00. The Bertz CT molecular complexity index is 1040. The Labute approximate surface area is 172 Å². The van der Waals surface area contributed by atoms with Crippen molar-refractivity contribution < 1.29 is 4.79 Å². The number of hydrogen-bond donors (Lipinski definition) is 1. The third kappa shape index (κ3) is 4.58. The van der Waals surface area contributed by atoms with Crippen molar-refractivity contribution in [2.75, 3.05) is 5.32 Å². The van der Waals surface area contributed by atoms with E-state index in [9.17, 15) is 4.79 Å². The Morgan fingerprint density at radius 1 is 1.07 bits per heavy atom. The number of carbonyl (C=O) groups is 1. The minimum atomic E-state index is -0.225. The summed E-state index contributed by atoms with van der Waals surface area (Å²) >= 11 is 3.17. The highest BCUT2D eigenvalue weighted by atomic mass is 32.2. The maximum Gasteiger partial charge on any atom is 0.237 e. The van der Waals surface area contributed by atoms with E-state index >= 15 is 0 Å². The molecule has 1 N–H and O–H groups in total. The van der Waals surface area contributed by atoms with Gasteiger partial charge in [0.25, 0.3) is 0 Å². The number of thiazole rings is 1. The molecule has 4 nitrogen and oxygen atoms in total. The first-order valence-electron chi connectivity index (χ1n) is 8.99. The van der Waals surface area contributed by atoms with Crippen molar-refractivity contribution in [1.82, 2.24) is 9.97 Å². The second kappa shape index (κ2) is 8.54. The minimum Gasteiger partial charge on any atom is -0.325 e. The van der Waals surface area contributed by atoms with Gasteiger partial charge in [-0.3, -0.25) is 4.79 Å². The first-order chi connectivity index (χ1) is 13.7. The summed E-state index contributed by atoms with van der Waals surface area (Å²) in [5, 5.41) is 4.69. The van der Waals surface area contributed by atoms with Gasteiger partial charge in [-0.25, -0.2) is 9.97 Å². The fourth-order valence-electron chi connectivity index (χ4n) is 2.77. The molecule has 4 rings (SSSR count). The topological polar surface area (TPSA) is 54.9 Å². The van der Waals surface area contributed by atoms with E-state index < -0.39 is 0 Å². The van der Waals surface area contributed by atoms with Crippen LogP contribution in [0.25, 0.3) is 10.2 Å². The van der Waals surface area contributed by atoms with Crippen LogP contribution in [0.4, 0.5) is 5.69 Å². The SMILES string of the molecule is C[C@@H](Sc1ccccn1)C(=O)Nc1ccc(Cc2nc3ccccc3s2)cc1. The van der Waals surface area contributed by atoms with Gasteiger partial charge in [-0.1, -0.05) is 42.1 Å². The summed E-state index contributed by atoms with van der Waals surface area (Å²) in [6.07, 6.45) is 2.52. The van der Waals surface area contributed by atoms with Gasteiger partial charge in [0.15, 0.2) is 0 Å². The molecule has 0 unspecified atom stereocenters. The van der Waals surface area contributed by atoms with Crippen LogP contribution in [0.3, 0.4) is 0 Å². The molecule has 0 aliphatic carbocycles. The number of rotatable bonds is 6. The average molecular weight is 406 g/mol. The van der Waals surface area contributed by atoms with Crippen LogP contribution >= 0.6 is 23.1 Å². The highest BCUT2D eigenvalue weighted by Crippen LogP contribution is 2.25. The van der Waals surface area contributed by atoms with Gasteiger partial charge in [-0.05, 0) is 48.9 Å². The number of thioether (sulfide) groups is 1. The van der Waals surface area contributed by atoms with Crippen LogP contribution < -0.4 is 5.32 Å². The second-order valence-electron chi connectivity index (χ2n) is 6.37. The summed E-state index contributed by atoms with van der Waals surface area (Å²) in [5.74, 6) is -0.0328. The zero-order valence-corrected chi connectivity index (χ0v) is 17.0. The van der Waals surface area contributed by atoms with Crippen molar-refractivity contribution in [1.29, 1.82) is 0 Å². The molecule has 0 radical (unpaired) electrons. The molecule has 140 valence electrons. The normalized spacial score (nSPS) is 12.0. The Morgan fingerprint density at radius 3 is 2.61 bits per heavy atom. The second-order valence-corrected chi connectivity index (χ2v) is 8.84. The lowest BCUT2D eigenvalue weighted by molar-refractivity contribution is -0.115. The van der Waals surface area contributed by atoms with Crippen LogP contribution in [0.5, 0.6) is 0 Å². The number of para-hydroxylation sites is 1. The predicted molar refractivity (Wildman–Crippen MR) is 117 cm³/mol. The molecule has 0 saturated heterocycles. The van der Waals surface area contributed by atoms with E-state index in [2.05, 4.69) is 21.4 Å². The van der Waals surface area contributed by atoms with Gasteiger partial charge in [0.1, 0.15) is 0 Å². The van der Waals surface area contributed by atoms with Crippen molar-refractivity contribution in [3.8, 4) is 0 Å². The average Bonchev–Trinajstić information content (AvgIpc) is 3.12. The largest absolute Gasteiger partial charge is 0.325 e. The maximum atomic E-state index is 12.4. The van der Waals surface area contributed by atoms with E-state index in [4.69, 9.17) is 0 Å². The number of anilines is 1. The van der Waals surface area contributed by atoms with Gasteiger partial charge >= 0.3 is 0 Å². The Kier molecular flexibility index (Phi) is 5.69. The molecule has 0 fully saturated rings. The van der Waals surface area contributed by atoms with Crippen molar-refractivity contribution in [3.05, 3.63) is 83.5 Å². The standard InChI is InChI=1S/C22H19N3OS2/c1-15(27-20-8-4-5-13-23-20)22(26)24-17-11-9-16(10-12-17)14-21-25-18-6-2-3-7-19(18)28-21/h2-13,15H,14H2,1H3,(H,24,26)/t15-/m1/s1. The number of nitrogens with one attached hydrogen (secondary N) is 1. The van der Waals surface area contributed by atoms with E-state index in [0.29, 0.717) is 0 Å². The molecule has 1 atom stereocenters. The van der Waals surface area contributed by atoms with Gasteiger partial charge in [-0.2, -0.15) is 0 Å². The van der Waals surface area contributed by atoms with E-state index in [1.54, 1.807) is 17.5 Å². The van der Waals surface area contributed by atoms with Gasteiger partial charge in [0.05, 0.1) is 25.5 Å². The van der Waals surface area contributed by atoms with E-state index in [-0.39, 0.29) is 11.2 Å². The molecule has 6 heteroatoms. The van der Waals surface area contributed by atoms with Crippen molar-refractivity contribution >= 4 is 44.9 Å². The summed E-state index contributed by atoms with van der Waals surface area (Å²) in [7, 11) is 0. The molecule has 0 aliphatic rings.